The highest BCUT2D eigenvalue weighted by molar-refractivity contribution is 5.97. The van der Waals surface area contributed by atoms with E-state index in [1.165, 1.54) is 6.07 Å². The van der Waals surface area contributed by atoms with Gasteiger partial charge >= 0.3 is 5.97 Å². The summed E-state index contributed by atoms with van der Waals surface area (Å²) < 4.78 is 5.13. The monoisotopic (exact) mass is 397 g/mol. The first kappa shape index (κ1) is 20.3. The van der Waals surface area contributed by atoms with E-state index in [0.717, 1.165) is 17.7 Å². The van der Waals surface area contributed by atoms with Gasteiger partial charge in [0.2, 0.25) is 0 Å². The number of esters is 1. The van der Waals surface area contributed by atoms with Crippen molar-refractivity contribution in [1.82, 2.24) is 0 Å². The number of carbonyl (C=O) groups is 2. The van der Waals surface area contributed by atoms with Gasteiger partial charge in [-0.1, -0.05) is 30.3 Å². The molecular weight excluding hydrogens is 374 g/mol. The van der Waals surface area contributed by atoms with Gasteiger partial charge in [0.05, 0.1) is 4.92 Å². The first-order chi connectivity index (χ1) is 14.0. The molecule has 0 bridgehead atoms. The molecule has 0 unspecified atom stereocenters. The van der Waals surface area contributed by atoms with E-state index in [4.69, 9.17) is 4.74 Å². The Balaban J connectivity index is 1.42. The molecule has 0 saturated heterocycles. The van der Waals surface area contributed by atoms with Crippen molar-refractivity contribution in [3.05, 3.63) is 64.2 Å². The van der Waals surface area contributed by atoms with Crippen LogP contribution in [0.25, 0.3) is 0 Å². The third-order valence-electron chi connectivity index (χ3n) is 4.81. The Labute approximate surface area is 168 Å². The van der Waals surface area contributed by atoms with Crippen LogP contribution in [0.3, 0.4) is 0 Å². The van der Waals surface area contributed by atoms with E-state index < -0.39 is 10.9 Å². The van der Waals surface area contributed by atoms with E-state index in [1.54, 1.807) is 23.1 Å². The number of nitrogens with one attached hydrogen (secondary N) is 1. The van der Waals surface area contributed by atoms with Gasteiger partial charge in [-0.25, -0.2) is 0 Å². The molecule has 152 valence electrons. The zero-order valence-corrected chi connectivity index (χ0v) is 16.2. The number of anilines is 2. The van der Waals surface area contributed by atoms with E-state index in [0.29, 0.717) is 18.7 Å². The lowest BCUT2D eigenvalue weighted by Gasteiger charge is -2.22. The number of ether oxygens (including phenoxy) is 1. The van der Waals surface area contributed by atoms with Crippen LogP contribution in [0, 0.1) is 10.1 Å². The number of nitro groups is 1. The summed E-state index contributed by atoms with van der Waals surface area (Å²) in [6.07, 6.45) is 1.34. The molecule has 29 heavy (non-hydrogen) atoms. The molecule has 2 aromatic carbocycles. The number of hydrogen-bond donors (Lipinski definition) is 1. The lowest BCUT2D eigenvalue weighted by atomic mass is 10.1. The minimum Gasteiger partial charge on any atom is -0.456 e. The lowest BCUT2D eigenvalue weighted by molar-refractivity contribution is -0.384. The molecule has 1 heterocycles. The quantitative estimate of drug-likeness (QED) is 0.317. The summed E-state index contributed by atoms with van der Waals surface area (Å²) in [6.45, 7) is 2.05. The number of nitrogens with zero attached hydrogens (tertiary/aromatic N) is 2. The van der Waals surface area contributed by atoms with Gasteiger partial charge in [0.15, 0.2) is 6.61 Å². The maximum atomic E-state index is 12.5. The van der Waals surface area contributed by atoms with Gasteiger partial charge in [0, 0.05) is 30.8 Å². The molecule has 0 saturated carbocycles. The largest absolute Gasteiger partial charge is 0.456 e. The van der Waals surface area contributed by atoms with Gasteiger partial charge < -0.3 is 15.0 Å². The van der Waals surface area contributed by atoms with Crippen molar-refractivity contribution in [1.29, 1.82) is 0 Å². The molecule has 0 spiro atoms. The average molecular weight is 397 g/mol. The minimum atomic E-state index is -0.470. The molecule has 0 aliphatic carbocycles. The third kappa shape index (κ3) is 4.90. The van der Waals surface area contributed by atoms with Crippen LogP contribution in [-0.4, -0.2) is 36.0 Å². The van der Waals surface area contributed by atoms with E-state index in [2.05, 4.69) is 5.32 Å². The highest BCUT2D eigenvalue weighted by Crippen LogP contribution is 2.31. The molecule has 0 radical (unpaired) electrons. The Morgan fingerprint density at radius 1 is 1.21 bits per heavy atom. The fourth-order valence-electron chi connectivity index (χ4n) is 3.47. The fourth-order valence-corrected chi connectivity index (χ4v) is 3.47. The Morgan fingerprint density at radius 3 is 2.72 bits per heavy atom. The molecule has 1 aliphatic rings. The van der Waals surface area contributed by atoms with Crippen LogP contribution >= 0.6 is 0 Å². The number of hydrogen-bond acceptors (Lipinski definition) is 6. The Morgan fingerprint density at radius 2 is 1.93 bits per heavy atom. The fraction of sp³-hybridized carbons (Fsp3) is 0.333. The van der Waals surface area contributed by atoms with E-state index in [9.17, 15) is 19.7 Å². The standard InChI is InChI=1S/C21H23N3O5/c1-15-13-16-7-2-4-9-18(16)23(15)20(25)14-29-21(26)11-6-12-22-17-8-3-5-10-19(17)24(27)28/h2-5,7-10,15,22H,6,11-14H2,1H3/t15-/m1/s1. The molecule has 3 rings (SSSR count). The molecule has 0 fully saturated rings. The Kier molecular flexibility index (Phi) is 6.43. The summed E-state index contributed by atoms with van der Waals surface area (Å²) in [5.41, 5.74) is 2.37. The zero-order chi connectivity index (χ0) is 20.8. The second kappa shape index (κ2) is 9.18. The topological polar surface area (TPSA) is 102 Å². The maximum absolute atomic E-state index is 12.5. The predicted octanol–water partition coefficient (Wildman–Crippen LogP) is 3.31. The smallest absolute Gasteiger partial charge is 0.306 e. The van der Waals surface area contributed by atoms with Crippen molar-refractivity contribution in [3.63, 3.8) is 0 Å². The van der Waals surface area contributed by atoms with Gasteiger partial charge in [-0.05, 0) is 37.5 Å². The van der Waals surface area contributed by atoms with E-state index in [-0.39, 0.29) is 30.7 Å². The van der Waals surface area contributed by atoms with Crippen molar-refractivity contribution in [2.24, 2.45) is 0 Å². The Hall–Kier alpha value is -3.42. The van der Waals surface area contributed by atoms with Crippen LogP contribution < -0.4 is 10.2 Å². The number of para-hydroxylation sites is 3. The van der Waals surface area contributed by atoms with E-state index >= 15 is 0 Å². The zero-order valence-electron chi connectivity index (χ0n) is 16.2. The first-order valence-corrected chi connectivity index (χ1v) is 9.50. The highest BCUT2D eigenvalue weighted by Gasteiger charge is 2.30. The van der Waals surface area contributed by atoms with Gasteiger partial charge in [-0.15, -0.1) is 0 Å². The van der Waals surface area contributed by atoms with Crippen molar-refractivity contribution >= 4 is 28.9 Å². The lowest BCUT2D eigenvalue weighted by Crippen LogP contribution is -2.38. The van der Waals surface area contributed by atoms with Crippen molar-refractivity contribution in [3.8, 4) is 0 Å². The minimum absolute atomic E-state index is 0.0133. The molecular formula is C21H23N3O5. The molecule has 8 heteroatoms. The van der Waals surface area contributed by atoms with Gasteiger partial charge in [-0.3, -0.25) is 19.7 Å². The second-order valence-electron chi connectivity index (χ2n) is 6.91. The van der Waals surface area contributed by atoms with Crippen LogP contribution in [0.4, 0.5) is 17.1 Å². The Bertz CT molecular complexity index is 915. The number of benzene rings is 2. The van der Waals surface area contributed by atoms with Crippen LogP contribution in [0.2, 0.25) is 0 Å². The van der Waals surface area contributed by atoms with Crippen molar-refractivity contribution < 1.29 is 19.2 Å². The number of rotatable bonds is 8. The summed E-state index contributed by atoms with van der Waals surface area (Å²) in [7, 11) is 0. The summed E-state index contributed by atoms with van der Waals surface area (Å²) >= 11 is 0. The SMILES string of the molecule is C[C@@H]1Cc2ccccc2N1C(=O)COC(=O)CCCNc1ccccc1[N+](=O)[O-]. The summed E-state index contributed by atoms with van der Waals surface area (Å²) in [5, 5.41) is 13.9. The molecule has 1 atom stereocenters. The molecule has 2 aromatic rings. The summed E-state index contributed by atoms with van der Waals surface area (Å²) in [5.74, 6) is -0.711. The van der Waals surface area contributed by atoms with Crippen LogP contribution in [0.15, 0.2) is 48.5 Å². The van der Waals surface area contributed by atoms with Crippen LogP contribution in [-0.2, 0) is 20.7 Å². The van der Waals surface area contributed by atoms with Crippen molar-refractivity contribution in [2.45, 2.75) is 32.2 Å². The van der Waals surface area contributed by atoms with Gasteiger partial charge in [0.1, 0.15) is 5.69 Å². The molecule has 1 amide bonds. The first-order valence-electron chi connectivity index (χ1n) is 9.50. The number of carbonyl (C=O) groups excluding carboxylic acids is 2. The van der Waals surface area contributed by atoms with E-state index in [1.807, 2.05) is 31.2 Å². The third-order valence-corrected chi connectivity index (χ3v) is 4.81. The van der Waals surface area contributed by atoms with Crippen LogP contribution in [0.1, 0.15) is 25.3 Å². The summed E-state index contributed by atoms with van der Waals surface area (Å²) in [4.78, 5) is 36.7. The highest BCUT2D eigenvalue weighted by atomic mass is 16.6. The summed E-state index contributed by atoms with van der Waals surface area (Å²) in [6, 6.07) is 14.1. The average Bonchev–Trinajstić information content (AvgIpc) is 3.05. The molecule has 1 N–H and O–H groups in total. The second-order valence-corrected chi connectivity index (χ2v) is 6.91. The number of fused-ring (bicyclic) bond motifs is 1. The molecule has 1 aliphatic heterocycles. The predicted molar refractivity (Wildman–Crippen MR) is 109 cm³/mol. The van der Waals surface area contributed by atoms with Gasteiger partial charge in [0.25, 0.3) is 11.6 Å². The van der Waals surface area contributed by atoms with Crippen LogP contribution in [0.5, 0.6) is 0 Å². The molecule has 8 nitrogen and oxygen atoms in total. The van der Waals surface area contributed by atoms with Gasteiger partial charge in [-0.2, -0.15) is 0 Å². The number of amides is 1. The normalized spacial score (nSPS) is 14.9. The number of nitro benzene ring substituents is 1. The van der Waals surface area contributed by atoms with Crippen molar-refractivity contribution in [2.75, 3.05) is 23.4 Å². The maximum Gasteiger partial charge on any atom is 0.306 e. The molecule has 0 aromatic heterocycles.